The van der Waals surface area contributed by atoms with E-state index in [-0.39, 0.29) is 6.17 Å². The Kier molecular flexibility index (Phi) is 8.05. The van der Waals surface area contributed by atoms with Crippen LogP contribution in [0.15, 0.2) is 195 Å². The average molecular weight is 737 g/mol. The van der Waals surface area contributed by atoms with E-state index in [1.807, 2.05) is 24.0 Å². The van der Waals surface area contributed by atoms with Crippen LogP contribution in [0.3, 0.4) is 0 Å². The number of amidine groups is 1. The minimum absolute atomic E-state index is 0.270. The van der Waals surface area contributed by atoms with E-state index in [0.717, 1.165) is 56.8 Å². The number of rotatable bonds is 5. The molecule has 0 amide bonds. The SMILES string of the molecule is CN1C(c2ccccc2)N=C(c2ccccc2)NC1(C)c1cc(N2c3ccccc3Sc3ccccc32)cnc1N1c2ccccc2Sc2ccccc21. The summed E-state index contributed by atoms with van der Waals surface area (Å²) in [5, 5.41) is 3.99. The summed E-state index contributed by atoms with van der Waals surface area (Å²) in [5.41, 5.74) is 7.85. The summed E-state index contributed by atoms with van der Waals surface area (Å²) >= 11 is 3.61. The molecule has 3 aliphatic heterocycles. The number of nitrogens with one attached hydrogen (secondary N) is 1. The van der Waals surface area contributed by atoms with Crippen LogP contribution in [-0.4, -0.2) is 22.8 Å². The number of nitrogens with zero attached hydrogens (tertiary/aromatic N) is 5. The van der Waals surface area contributed by atoms with E-state index < -0.39 is 5.66 Å². The minimum atomic E-state index is -0.788. The second-order valence-corrected chi connectivity index (χ2v) is 15.9. The third-order valence-electron chi connectivity index (χ3n) is 10.5. The summed E-state index contributed by atoms with van der Waals surface area (Å²) in [5.74, 6) is 1.69. The Labute approximate surface area is 324 Å². The molecular weight excluding hydrogens is 701 g/mol. The number of fused-ring (bicyclic) bond motifs is 4. The topological polar surface area (TPSA) is 47.0 Å². The van der Waals surface area contributed by atoms with Gasteiger partial charge in [-0.2, -0.15) is 0 Å². The van der Waals surface area contributed by atoms with Crippen LogP contribution in [0, 0.1) is 0 Å². The number of para-hydroxylation sites is 4. The molecular formula is C46H36N6S2. The van der Waals surface area contributed by atoms with Crippen LogP contribution in [-0.2, 0) is 5.66 Å². The maximum Gasteiger partial charge on any atom is 0.144 e. The van der Waals surface area contributed by atoms with Crippen molar-refractivity contribution in [2.75, 3.05) is 16.8 Å². The fourth-order valence-corrected chi connectivity index (χ4v) is 9.86. The van der Waals surface area contributed by atoms with Crippen LogP contribution in [0.4, 0.5) is 34.3 Å². The largest absolute Gasteiger partial charge is 0.348 e. The van der Waals surface area contributed by atoms with Crippen molar-refractivity contribution in [2.45, 2.75) is 38.3 Å². The second kappa shape index (κ2) is 13.2. The molecule has 1 aromatic heterocycles. The van der Waals surface area contributed by atoms with Crippen LogP contribution < -0.4 is 15.1 Å². The lowest BCUT2D eigenvalue weighted by Crippen LogP contribution is -2.59. The molecule has 54 heavy (non-hydrogen) atoms. The van der Waals surface area contributed by atoms with Crippen LogP contribution in [0.25, 0.3) is 0 Å². The van der Waals surface area contributed by atoms with Crippen molar-refractivity contribution in [1.82, 2.24) is 15.2 Å². The highest BCUT2D eigenvalue weighted by molar-refractivity contribution is 8.00. The Morgan fingerprint density at radius 1 is 0.574 bits per heavy atom. The van der Waals surface area contributed by atoms with Gasteiger partial charge in [0.15, 0.2) is 0 Å². The van der Waals surface area contributed by atoms with Crippen molar-refractivity contribution < 1.29 is 0 Å². The Morgan fingerprint density at radius 3 is 1.57 bits per heavy atom. The Hall–Kier alpha value is -5.80. The predicted octanol–water partition coefficient (Wildman–Crippen LogP) is 11.8. The molecule has 10 rings (SSSR count). The first kappa shape index (κ1) is 32.8. The van der Waals surface area contributed by atoms with E-state index in [2.05, 4.69) is 192 Å². The molecule has 0 spiro atoms. The van der Waals surface area contributed by atoms with Crippen molar-refractivity contribution in [3.63, 3.8) is 0 Å². The van der Waals surface area contributed by atoms with Gasteiger partial charge in [-0.05, 0) is 74.1 Å². The molecule has 0 saturated carbocycles. The average Bonchev–Trinajstić information content (AvgIpc) is 3.23. The third kappa shape index (κ3) is 5.40. The molecule has 0 fully saturated rings. The van der Waals surface area contributed by atoms with Gasteiger partial charge in [0.05, 0.1) is 34.6 Å². The van der Waals surface area contributed by atoms with Crippen LogP contribution in [0.1, 0.15) is 29.8 Å². The van der Waals surface area contributed by atoms with Crippen LogP contribution in [0.5, 0.6) is 0 Å². The highest BCUT2D eigenvalue weighted by atomic mass is 32.2. The maximum absolute atomic E-state index is 5.53. The second-order valence-electron chi connectivity index (χ2n) is 13.7. The number of pyridine rings is 1. The van der Waals surface area contributed by atoms with Gasteiger partial charge in [0.1, 0.15) is 23.5 Å². The van der Waals surface area contributed by atoms with E-state index in [1.54, 1.807) is 11.8 Å². The van der Waals surface area contributed by atoms with Crippen LogP contribution >= 0.6 is 23.5 Å². The lowest BCUT2D eigenvalue weighted by molar-refractivity contribution is 0.0606. The van der Waals surface area contributed by atoms with Crippen molar-refractivity contribution >= 4 is 63.6 Å². The normalized spacial score (nSPS) is 18.8. The summed E-state index contributed by atoms with van der Waals surface area (Å²) in [6.07, 6.45) is 1.77. The highest BCUT2D eigenvalue weighted by Crippen LogP contribution is 2.55. The van der Waals surface area contributed by atoms with Crippen LogP contribution in [0.2, 0.25) is 0 Å². The number of hydrogen-bond acceptors (Lipinski definition) is 8. The molecule has 0 bridgehead atoms. The van der Waals surface area contributed by atoms with Gasteiger partial charge in [-0.3, -0.25) is 9.80 Å². The first-order valence-corrected chi connectivity index (χ1v) is 19.7. The molecule has 3 aliphatic rings. The van der Waals surface area contributed by atoms with E-state index in [0.29, 0.717) is 0 Å². The lowest BCUT2D eigenvalue weighted by Gasteiger charge is -2.49. The molecule has 2 unspecified atom stereocenters. The lowest BCUT2D eigenvalue weighted by atomic mass is 9.94. The van der Waals surface area contributed by atoms with Gasteiger partial charge in [-0.1, -0.05) is 133 Å². The number of aliphatic imine (C=N–C) groups is 1. The molecule has 2 atom stereocenters. The Morgan fingerprint density at radius 2 is 1.04 bits per heavy atom. The summed E-state index contributed by atoms with van der Waals surface area (Å²) in [7, 11) is 2.17. The summed E-state index contributed by atoms with van der Waals surface area (Å²) in [4.78, 5) is 22.8. The van der Waals surface area contributed by atoms with Gasteiger partial charge >= 0.3 is 0 Å². The quantitative estimate of drug-likeness (QED) is 0.189. The number of benzene rings is 6. The smallest absolute Gasteiger partial charge is 0.144 e. The molecule has 6 nitrogen and oxygen atoms in total. The molecule has 1 N–H and O–H groups in total. The zero-order valence-corrected chi connectivity index (χ0v) is 31.4. The number of aromatic nitrogens is 1. The number of hydrogen-bond donors (Lipinski definition) is 1. The van der Waals surface area contributed by atoms with Crippen molar-refractivity contribution in [1.29, 1.82) is 0 Å². The van der Waals surface area contributed by atoms with Crippen molar-refractivity contribution in [2.24, 2.45) is 4.99 Å². The first-order valence-electron chi connectivity index (χ1n) is 18.1. The molecule has 4 heterocycles. The monoisotopic (exact) mass is 736 g/mol. The molecule has 8 heteroatoms. The summed E-state index contributed by atoms with van der Waals surface area (Å²) < 4.78 is 0. The first-order chi connectivity index (χ1) is 26.6. The fourth-order valence-electron chi connectivity index (χ4n) is 7.75. The van der Waals surface area contributed by atoms with Crippen molar-refractivity contribution in [3.8, 4) is 0 Å². The van der Waals surface area contributed by atoms with Crippen molar-refractivity contribution in [3.05, 3.63) is 187 Å². The molecule has 0 radical (unpaired) electrons. The van der Waals surface area contributed by atoms with Gasteiger partial charge in [0.25, 0.3) is 0 Å². The highest BCUT2D eigenvalue weighted by Gasteiger charge is 2.45. The Balaban J connectivity index is 1.24. The molecule has 0 aliphatic carbocycles. The van der Waals surface area contributed by atoms with E-state index >= 15 is 0 Å². The third-order valence-corrected chi connectivity index (χ3v) is 12.8. The maximum atomic E-state index is 5.53. The standard InChI is InChI=1S/C46H36N6S2/c1-46(49-43(31-17-5-3-6-18-31)48-44(50(46)2)32-19-7-4-8-20-32)34-29-33(51-35-21-9-13-25-39(35)53-40-26-14-10-22-36(40)51)30-47-45(34)52-37-23-11-15-27-41(37)54-42-28-16-12-24-38(42)52/h3-30,44H,1-2H3,(H,48,49). The van der Waals surface area contributed by atoms with E-state index in [9.17, 15) is 0 Å². The van der Waals surface area contributed by atoms with E-state index in [4.69, 9.17) is 9.98 Å². The zero-order valence-electron chi connectivity index (χ0n) is 29.8. The summed E-state index contributed by atoms with van der Waals surface area (Å²) in [6, 6.07) is 57.9. The van der Waals surface area contributed by atoms with Gasteiger partial charge in [-0.15, -0.1) is 0 Å². The minimum Gasteiger partial charge on any atom is -0.348 e. The molecule has 262 valence electrons. The molecule has 7 aromatic rings. The van der Waals surface area contributed by atoms with Gasteiger partial charge in [0.2, 0.25) is 0 Å². The fraction of sp³-hybridized carbons (Fsp3) is 0.0870. The number of anilines is 6. The zero-order chi connectivity index (χ0) is 36.2. The van der Waals surface area contributed by atoms with Gasteiger partial charge < -0.3 is 10.2 Å². The predicted molar refractivity (Wildman–Crippen MR) is 222 cm³/mol. The summed E-state index contributed by atoms with van der Waals surface area (Å²) in [6.45, 7) is 2.27. The van der Waals surface area contributed by atoms with Gasteiger partial charge in [0, 0.05) is 30.7 Å². The van der Waals surface area contributed by atoms with E-state index in [1.165, 1.54) is 19.6 Å². The van der Waals surface area contributed by atoms with Gasteiger partial charge in [-0.25, -0.2) is 9.98 Å². The Bertz CT molecular complexity index is 2470. The molecule has 6 aromatic carbocycles. The molecule has 0 saturated heterocycles.